The van der Waals surface area contributed by atoms with Crippen molar-refractivity contribution in [2.24, 2.45) is 5.73 Å². The second kappa shape index (κ2) is 12.2. The van der Waals surface area contributed by atoms with Gasteiger partial charge in [0.1, 0.15) is 0 Å². The van der Waals surface area contributed by atoms with Gasteiger partial charge >= 0.3 is 0 Å². The van der Waals surface area contributed by atoms with Crippen molar-refractivity contribution < 1.29 is 10.2 Å². The summed E-state index contributed by atoms with van der Waals surface area (Å²) in [6, 6.07) is 8.42. The monoisotopic (exact) mass is 333 g/mol. The number of rotatable bonds is 13. The van der Waals surface area contributed by atoms with E-state index in [0.717, 1.165) is 12.0 Å². The van der Waals surface area contributed by atoms with Crippen LogP contribution in [0.4, 0.5) is 0 Å². The lowest BCUT2D eigenvalue weighted by molar-refractivity contribution is 0.152. The molecular weight excluding hydrogens is 298 g/mol. The molecule has 0 amide bonds. The summed E-state index contributed by atoms with van der Waals surface area (Å²) in [5.74, 6) is 0. The summed E-state index contributed by atoms with van der Waals surface area (Å²) >= 11 is 0. The summed E-state index contributed by atoms with van der Waals surface area (Å²) in [4.78, 5) is 0. The van der Waals surface area contributed by atoms with Crippen molar-refractivity contribution >= 4 is 6.08 Å². The van der Waals surface area contributed by atoms with E-state index in [9.17, 15) is 10.2 Å². The third-order valence-electron chi connectivity index (χ3n) is 4.50. The third-order valence-corrected chi connectivity index (χ3v) is 4.50. The molecule has 1 aromatic carbocycles. The van der Waals surface area contributed by atoms with E-state index in [-0.39, 0.29) is 13.2 Å². The van der Waals surface area contributed by atoms with Gasteiger partial charge in [-0.1, -0.05) is 88.3 Å². The van der Waals surface area contributed by atoms with Crippen LogP contribution in [0, 0.1) is 0 Å². The Balaban J connectivity index is 2.26. The average molecular weight is 334 g/mol. The number of aryl methyl sites for hydroxylation is 1. The van der Waals surface area contributed by atoms with Crippen molar-refractivity contribution in [3.05, 3.63) is 41.5 Å². The number of hydrogen-bond donors (Lipinski definition) is 3. The number of unbranched alkanes of at least 4 members (excludes halogenated alkanes) is 7. The highest BCUT2D eigenvalue weighted by atomic mass is 16.3. The molecule has 0 saturated carbocycles. The fourth-order valence-electron chi connectivity index (χ4n) is 2.68. The van der Waals surface area contributed by atoms with Gasteiger partial charge in [0, 0.05) is 0 Å². The maximum absolute atomic E-state index is 9.17. The Morgan fingerprint density at radius 2 is 1.42 bits per heavy atom. The third kappa shape index (κ3) is 8.62. The van der Waals surface area contributed by atoms with Gasteiger partial charge in [-0.15, -0.1) is 0 Å². The number of benzene rings is 1. The van der Waals surface area contributed by atoms with Crippen molar-refractivity contribution in [1.82, 2.24) is 0 Å². The van der Waals surface area contributed by atoms with Crippen LogP contribution >= 0.6 is 0 Å². The molecule has 0 fully saturated rings. The predicted molar refractivity (Wildman–Crippen MR) is 103 cm³/mol. The van der Waals surface area contributed by atoms with E-state index in [1.54, 1.807) is 6.08 Å². The lowest BCUT2D eigenvalue weighted by atomic mass is 10.00. The topological polar surface area (TPSA) is 66.5 Å². The highest BCUT2D eigenvalue weighted by Gasteiger charge is 2.18. The zero-order valence-corrected chi connectivity index (χ0v) is 15.2. The average Bonchev–Trinajstić information content (AvgIpc) is 2.63. The minimum atomic E-state index is -1.05. The van der Waals surface area contributed by atoms with Crippen LogP contribution in [-0.2, 0) is 6.42 Å². The van der Waals surface area contributed by atoms with Gasteiger partial charge in [0.05, 0.1) is 18.8 Å². The maximum atomic E-state index is 9.17. The molecule has 3 heteroatoms. The van der Waals surface area contributed by atoms with E-state index < -0.39 is 5.54 Å². The van der Waals surface area contributed by atoms with E-state index >= 15 is 0 Å². The quantitative estimate of drug-likeness (QED) is 0.477. The Kier molecular flexibility index (Phi) is 10.6. The van der Waals surface area contributed by atoms with Crippen LogP contribution in [-0.4, -0.2) is 29.0 Å². The Bertz CT molecular complexity index is 449. The molecule has 136 valence electrons. The lowest BCUT2D eigenvalue weighted by Crippen LogP contribution is -2.45. The van der Waals surface area contributed by atoms with E-state index in [4.69, 9.17) is 5.73 Å². The summed E-state index contributed by atoms with van der Waals surface area (Å²) < 4.78 is 0. The predicted octanol–water partition coefficient (Wildman–Crippen LogP) is 4.07. The first-order valence-electron chi connectivity index (χ1n) is 9.42. The lowest BCUT2D eigenvalue weighted by Gasteiger charge is -2.19. The van der Waals surface area contributed by atoms with E-state index in [1.165, 1.54) is 56.9 Å². The Morgan fingerprint density at radius 1 is 0.875 bits per heavy atom. The van der Waals surface area contributed by atoms with Gasteiger partial charge in [0.15, 0.2) is 0 Å². The molecule has 0 atom stereocenters. The van der Waals surface area contributed by atoms with Crippen LogP contribution in [0.2, 0.25) is 0 Å². The Hall–Kier alpha value is -1.16. The van der Waals surface area contributed by atoms with Gasteiger partial charge in [0.2, 0.25) is 0 Å². The Labute approximate surface area is 147 Å². The van der Waals surface area contributed by atoms with Crippen molar-refractivity contribution in [3.8, 4) is 0 Å². The number of aliphatic hydroxyl groups excluding tert-OH is 2. The molecule has 0 heterocycles. The first-order valence-corrected chi connectivity index (χ1v) is 9.42. The summed E-state index contributed by atoms with van der Waals surface area (Å²) in [6.07, 6.45) is 15.4. The summed E-state index contributed by atoms with van der Waals surface area (Å²) in [5, 5.41) is 18.3. The van der Waals surface area contributed by atoms with Crippen molar-refractivity contribution in [2.75, 3.05) is 13.2 Å². The van der Waals surface area contributed by atoms with Crippen molar-refractivity contribution in [1.29, 1.82) is 0 Å². The molecule has 1 rings (SSSR count). The molecule has 0 bridgehead atoms. The van der Waals surface area contributed by atoms with Gasteiger partial charge in [-0.25, -0.2) is 0 Å². The van der Waals surface area contributed by atoms with Crippen LogP contribution in [0.15, 0.2) is 30.3 Å². The molecule has 4 N–H and O–H groups in total. The van der Waals surface area contributed by atoms with E-state index in [2.05, 4.69) is 31.2 Å². The molecule has 3 nitrogen and oxygen atoms in total. The van der Waals surface area contributed by atoms with E-state index in [0.29, 0.717) is 0 Å². The molecule has 0 aromatic heterocycles. The van der Waals surface area contributed by atoms with Crippen molar-refractivity contribution in [2.45, 2.75) is 70.3 Å². The van der Waals surface area contributed by atoms with Crippen LogP contribution < -0.4 is 5.73 Å². The molecule has 0 radical (unpaired) electrons. The zero-order chi connectivity index (χ0) is 17.7. The van der Waals surface area contributed by atoms with Gasteiger partial charge in [-0.3, -0.25) is 0 Å². The SMILES string of the molecule is CCCCCCCCCCc1ccc(C=CC(N)(CO)CO)cc1. The summed E-state index contributed by atoms with van der Waals surface area (Å²) in [7, 11) is 0. The molecule has 0 aliphatic heterocycles. The van der Waals surface area contributed by atoms with Gasteiger partial charge in [0.25, 0.3) is 0 Å². The van der Waals surface area contributed by atoms with Gasteiger partial charge < -0.3 is 15.9 Å². The Morgan fingerprint density at radius 3 is 1.96 bits per heavy atom. The molecule has 0 saturated heterocycles. The molecule has 0 aliphatic rings. The number of nitrogens with two attached hydrogens (primary N) is 1. The molecule has 0 aliphatic carbocycles. The summed E-state index contributed by atoms with van der Waals surface area (Å²) in [5.41, 5.74) is 7.17. The highest BCUT2D eigenvalue weighted by molar-refractivity contribution is 5.51. The second-order valence-corrected chi connectivity index (χ2v) is 6.85. The standard InChI is InChI=1S/C21H35NO2/c1-2-3-4-5-6-7-8-9-10-19-11-13-20(14-12-19)15-16-21(22,17-23)18-24/h11-16,23-24H,2-10,17-18,22H2,1H3. The molecular formula is C21H35NO2. The minimum absolute atomic E-state index is 0.267. The maximum Gasteiger partial charge on any atom is 0.0811 e. The first kappa shape index (κ1) is 20.9. The summed E-state index contributed by atoms with van der Waals surface area (Å²) in [6.45, 7) is 1.72. The van der Waals surface area contributed by atoms with E-state index in [1.807, 2.05) is 6.08 Å². The van der Waals surface area contributed by atoms with Crippen LogP contribution in [0.1, 0.15) is 69.4 Å². The minimum Gasteiger partial charge on any atom is -0.394 e. The van der Waals surface area contributed by atoms with Gasteiger partial charge in [-0.2, -0.15) is 0 Å². The molecule has 0 unspecified atom stereocenters. The second-order valence-electron chi connectivity index (χ2n) is 6.85. The smallest absolute Gasteiger partial charge is 0.0811 e. The molecule has 24 heavy (non-hydrogen) atoms. The van der Waals surface area contributed by atoms with Crippen LogP contribution in [0.25, 0.3) is 6.08 Å². The number of hydrogen-bond acceptors (Lipinski definition) is 3. The normalized spacial score (nSPS) is 12.2. The number of aliphatic hydroxyl groups is 2. The zero-order valence-electron chi connectivity index (χ0n) is 15.2. The van der Waals surface area contributed by atoms with Gasteiger partial charge in [-0.05, 0) is 24.0 Å². The van der Waals surface area contributed by atoms with Crippen LogP contribution in [0.3, 0.4) is 0 Å². The fraction of sp³-hybridized carbons (Fsp3) is 0.619. The first-order chi connectivity index (χ1) is 11.6. The molecule has 0 spiro atoms. The molecule has 1 aromatic rings. The largest absolute Gasteiger partial charge is 0.394 e. The fourth-order valence-corrected chi connectivity index (χ4v) is 2.68. The highest BCUT2D eigenvalue weighted by Crippen LogP contribution is 2.13. The van der Waals surface area contributed by atoms with Crippen molar-refractivity contribution in [3.63, 3.8) is 0 Å². The van der Waals surface area contributed by atoms with Crippen LogP contribution in [0.5, 0.6) is 0 Å².